The third kappa shape index (κ3) is 3.78. The van der Waals surface area contributed by atoms with Gasteiger partial charge in [-0.25, -0.2) is 0 Å². The summed E-state index contributed by atoms with van der Waals surface area (Å²) in [5.41, 5.74) is 3.36. The minimum absolute atomic E-state index is 0. The van der Waals surface area contributed by atoms with Gasteiger partial charge in [-0.1, -0.05) is 13.8 Å². The van der Waals surface area contributed by atoms with Crippen LogP contribution in [0.1, 0.15) is 39.5 Å². The molecule has 1 radical (unpaired) electrons. The van der Waals surface area contributed by atoms with Crippen LogP contribution in [-0.4, -0.2) is 7.11 Å². The fourth-order valence-electron chi connectivity index (χ4n) is 1.82. The second kappa shape index (κ2) is 7.26. The summed E-state index contributed by atoms with van der Waals surface area (Å²) in [6, 6.07) is 0. The van der Waals surface area contributed by atoms with Gasteiger partial charge in [0.05, 0.1) is 12.9 Å². The van der Waals surface area contributed by atoms with Gasteiger partial charge < -0.3 is 11.2 Å². The van der Waals surface area contributed by atoms with E-state index in [9.17, 15) is 0 Å². The Morgan fingerprint density at radius 2 is 1.87 bits per heavy atom. The maximum absolute atomic E-state index is 7.11. The van der Waals surface area contributed by atoms with E-state index in [1.165, 1.54) is 18.4 Å². The average Bonchev–Trinajstić information content (AvgIpc) is 2.26. The number of ether oxygens (including phenoxy) is 1. The number of allylic oxidation sites excluding steroid dienone is 4. The average molecular weight is 278 g/mol. The second-order valence-corrected chi connectivity index (χ2v) is 3.69. The van der Waals surface area contributed by atoms with E-state index in [0.29, 0.717) is 0 Å². The van der Waals surface area contributed by atoms with Gasteiger partial charge in [0, 0.05) is 39.1 Å². The summed E-state index contributed by atoms with van der Waals surface area (Å²) in [5.74, 6) is 3.55. The van der Waals surface area contributed by atoms with Crippen molar-refractivity contribution in [2.45, 2.75) is 39.5 Å². The normalized spacial score (nSPS) is 17.5. The third-order valence-corrected chi connectivity index (χ3v) is 2.87. The SMILES string of the molecule is [C-]#C/C(C)=C(\C)C1=C(OC)CCCC1.[Y]. The van der Waals surface area contributed by atoms with Crippen LogP contribution in [-0.2, 0) is 37.4 Å². The molecule has 0 aliphatic heterocycles. The summed E-state index contributed by atoms with van der Waals surface area (Å²) >= 11 is 0. The van der Waals surface area contributed by atoms with Crippen molar-refractivity contribution < 1.29 is 37.4 Å². The molecule has 0 saturated heterocycles. The molecule has 79 valence electrons. The molecule has 15 heavy (non-hydrogen) atoms. The largest absolute Gasteiger partial charge is 0.501 e. The van der Waals surface area contributed by atoms with E-state index in [0.717, 1.165) is 29.7 Å². The van der Waals surface area contributed by atoms with Crippen LogP contribution in [0.5, 0.6) is 0 Å². The predicted molar refractivity (Wildman–Crippen MR) is 58.0 cm³/mol. The number of methoxy groups -OCH3 is 1. The van der Waals surface area contributed by atoms with Crippen molar-refractivity contribution in [1.82, 2.24) is 0 Å². The van der Waals surface area contributed by atoms with E-state index in [2.05, 4.69) is 12.8 Å². The molecule has 0 aromatic carbocycles. The van der Waals surface area contributed by atoms with Crippen LogP contribution in [0.2, 0.25) is 0 Å². The maximum atomic E-state index is 7.11. The molecule has 0 unspecified atom stereocenters. The quantitative estimate of drug-likeness (QED) is 0.556. The zero-order valence-electron chi connectivity index (χ0n) is 9.81. The molecule has 0 aromatic rings. The van der Waals surface area contributed by atoms with Crippen molar-refractivity contribution >= 4 is 0 Å². The first-order valence-corrected chi connectivity index (χ1v) is 5.07. The van der Waals surface area contributed by atoms with Gasteiger partial charge in [0.25, 0.3) is 0 Å². The first-order chi connectivity index (χ1) is 6.70. The molecule has 0 bridgehead atoms. The van der Waals surface area contributed by atoms with E-state index in [-0.39, 0.29) is 32.7 Å². The van der Waals surface area contributed by atoms with E-state index in [1.807, 2.05) is 6.92 Å². The molecular weight excluding hydrogens is 261 g/mol. The van der Waals surface area contributed by atoms with Gasteiger partial charge >= 0.3 is 0 Å². The molecule has 1 aliphatic carbocycles. The van der Waals surface area contributed by atoms with Crippen LogP contribution < -0.4 is 0 Å². The zero-order valence-corrected chi connectivity index (χ0v) is 12.7. The predicted octanol–water partition coefficient (Wildman–Crippen LogP) is 3.38. The summed E-state index contributed by atoms with van der Waals surface area (Å²) in [7, 11) is 1.73. The molecule has 0 heterocycles. The molecule has 1 nitrogen and oxygen atoms in total. The number of rotatable bonds is 2. The molecule has 0 N–H and O–H groups in total. The first kappa shape index (κ1) is 14.9. The van der Waals surface area contributed by atoms with Crippen LogP contribution in [0.3, 0.4) is 0 Å². The van der Waals surface area contributed by atoms with Gasteiger partial charge in [0.2, 0.25) is 0 Å². The Balaban J connectivity index is 0.00000196. The summed E-state index contributed by atoms with van der Waals surface area (Å²) in [4.78, 5) is 0. The van der Waals surface area contributed by atoms with Gasteiger partial charge in [0.15, 0.2) is 0 Å². The Morgan fingerprint density at radius 3 is 2.40 bits per heavy atom. The van der Waals surface area contributed by atoms with Crippen molar-refractivity contribution in [2.75, 3.05) is 7.11 Å². The Morgan fingerprint density at radius 1 is 1.27 bits per heavy atom. The van der Waals surface area contributed by atoms with Crippen molar-refractivity contribution in [3.8, 4) is 5.92 Å². The molecule has 0 saturated carbocycles. The van der Waals surface area contributed by atoms with Crippen molar-refractivity contribution in [3.63, 3.8) is 0 Å². The Hall–Kier alpha value is -0.0561. The van der Waals surface area contributed by atoms with Gasteiger partial charge in [-0.15, -0.1) is 11.1 Å². The Kier molecular flexibility index (Phi) is 7.23. The van der Waals surface area contributed by atoms with Crippen LogP contribution >= 0.6 is 0 Å². The monoisotopic (exact) mass is 278 g/mol. The van der Waals surface area contributed by atoms with E-state index in [1.54, 1.807) is 7.11 Å². The van der Waals surface area contributed by atoms with Crippen LogP contribution in [0.15, 0.2) is 22.5 Å². The zero-order chi connectivity index (χ0) is 10.6. The molecule has 1 rings (SSSR count). The molecule has 2 heteroatoms. The van der Waals surface area contributed by atoms with Gasteiger partial charge in [-0.2, -0.15) is 0 Å². The van der Waals surface area contributed by atoms with Crippen molar-refractivity contribution in [1.29, 1.82) is 0 Å². The van der Waals surface area contributed by atoms with E-state index >= 15 is 0 Å². The molecular formula is C13H17OY-. The summed E-state index contributed by atoms with van der Waals surface area (Å²) < 4.78 is 5.38. The number of hydrogen-bond donors (Lipinski definition) is 0. The summed E-state index contributed by atoms with van der Waals surface area (Å²) in [6.07, 6.45) is 11.7. The Labute approximate surface area is 118 Å². The smallest absolute Gasteiger partial charge is 0.0974 e. The summed E-state index contributed by atoms with van der Waals surface area (Å²) in [5, 5.41) is 0. The van der Waals surface area contributed by atoms with E-state index < -0.39 is 0 Å². The van der Waals surface area contributed by atoms with Gasteiger partial charge in [0.1, 0.15) is 0 Å². The molecule has 0 aromatic heterocycles. The van der Waals surface area contributed by atoms with Crippen LogP contribution in [0.25, 0.3) is 0 Å². The van der Waals surface area contributed by atoms with Crippen LogP contribution in [0, 0.1) is 12.3 Å². The van der Waals surface area contributed by atoms with E-state index in [4.69, 9.17) is 11.2 Å². The van der Waals surface area contributed by atoms with Gasteiger partial charge in [-0.3, -0.25) is 5.92 Å². The standard InChI is InChI=1S/C13H17O.Y/c1-5-10(2)11(3)12-8-6-7-9-13(12)14-4;/h6-9H2,2-4H3;/q-1;/b11-10+;. The number of hydrogen-bond acceptors (Lipinski definition) is 1. The third-order valence-electron chi connectivity index (χ3n) is 2.87. The minimum atomic E-state index is 0. The maximum Gasteiger partial charge on any atom is 0.0974 e. The molecule has 0 fully saturated rings. The molecule has 0 amide bonds. The molecule has 1 aliphatic rings. The Bertz CT molecular complexity index is 318. The fourth-order valence-corrected chi connectivity index (χ4v) is 1.82. The second-order valence-electron chi connectivity index (χ2n) is 3.69. The fraction of sp³-hybridized carbons (Fsp3) is 0.538. The summed E-state index contributed by atoms with van der Waals surface area (Å²) in [6.45, 7) is 3.98. The molecule has 0 atom stereocenters. The van der Waals surface area contributed by atoms with Crippen LogP contribution in [0.4, 0.5) is 0 Å². The minimum Gasteiger partial charge on any atom is -0.501 e. The van der Waals surface area contributed by atoms with Gasteiger partial charge in [-0.05, 0) is 24.8 Å². The van der Waals surface area contributed by atoms with Crippen molar-refractivity contribution in [3.05, 3.63) is 28.9 Å². The van der Waals surface area contributed by atoms with Crippen molar-refractivity contribution in [2.24, 2.45) is 0 Å². The molecule has 0 spiro atoms. The topological polar surface area (TPSA) is 9.23 Å². The first-order valence-electron chi connectivity index (χ1n) is 5.07.